The van der Waals surface area contributed by atoms with Crippen molar-refractivity contribution in [3.8, 4) is 11.3 Å². The monoisotopic (exact) mass is 312 g/mol. The lowest BCUT2D eigenvalue weighted by Crippen LogP contribution is -2.49. The zero-order valence-electron chi connectivity index (χ0n) is 14.2. The molecule has 23 heavy (non-hydrogen) atoms. The predicted octanol–water partition coefficient (Wildman–Crippen LogP) is 4.30. The first-order chi connectivity index (χ1) is 11.0. The lowest BCUT2D eigenvalue weighted by molar-refractivity contribution is 0.0424. The van der Waals surface area contributed by atoms with Crippen LogP contribution in [0.15, 0.2) is 34.9 Å². The minimum absolute atomic E-state index is 0.0287. The van der Waals surface area contributed by atoms with Gasteiger partial charge in [-0.1, -0.05) is 41.9 Å². The van der Waals surface area contributed by atoms with Crippen molar-refractivity contribution in [2.75, 3.05) is 0 Å². The van der Waals surface area contributed by atoms with Crippen LogP contribution in [-0.4, -0.2) is 28.0 Å². The first-order valence-electron chi connectivity index (χ1n) is 8.32. The molecule has 3 rings (SSSR count). The molecule has 4 heteroatoms. The molecule has 0 radical (unpaired) electrons. The minimum Gasteiger partial charge on any atom is -0.355 e. The molecular formula is C19H24N2O2. The fourth-order valence-electron chi connectivity index (χ4n) is 3.68. The van der Waals surface area contributed by atoms with Gasteiger partial charge in [-0.15, -0.1) is 0 Å². The topological polar surface area (TPSA) is 46.3 Å². The van der Waals surface area contributed by atoms with Gasteiger partial charge in [-0.25, -0.2) is 0 Å². The molecular weight excluding hydrogens is 288 g/mol. The number of rotatable bonds is 2. The second-order valence-electron chi connectivity index (χ2n) is 6.93. The van der Waals surface area contributed by atoms with Crippen LogP contribution in [0.4, 0.5) is 0 Å². The van der Waals surface area contributed by atoms with Gasteiger partial charge in [0.15, 0.2) is 11.5 Å². The van der Waals surface area contributed by atoms with Crippen molar-refractivity contribution >= 4 is 5.91 Å². The van der Waals surface area contributed by atoms with Crippen molar-refractivity contribution in [1.82, 2.24) is 10.1 Å². The van der Waals surface area contributed by atoms with E-state index in [4.69, 9.17) is 4.52 Å². The molecule has 2 heterocycles. The second-order valence-corrected chi connectivity index (χ2v) is 6.93. The SMILES string of the molecule is Cc1ccc(-c2cc(C(=O)N3[C@H](C)CC(C)C[C@H]3C)no2)cc1. The van der Waals surface area contributed by atoms with Gasteiger partial charge in [0.25, 0.3) is 5.91 Å². The van der Waals surface area contributed by atoms with Crippen LogP contribution in [0.25, 0.3) is 11.3 Å². The highest BCUT2D eigenvalue weighted by atomic mass is 16.5. The highest BCUT2D eigenvalue weighted by molar-refractivity contribution is 5.93. The maximum Gasteiger partial charge on any atom is 0.276 e. The van der Waals surface area contributed by atoms with Crippen LogP contribution in [0.2, 0.25) is 0 Å². The number of amides is 1. The molecule has 1 saturated heterocycles. The quantitative estimate of drug-likeness (QED) is 0.830. The number of hydrogen-bond donors (Lipinski definition) is 0. The third-order valence-electron chi connectivity index (χ3n) is 4.74. The summed E-state index contributed by atoms with van der Waals surface area (Å²) in [4.78, 5) is 14.8. The maximum absolute atomic E-state index is 12.8. The molecule has 0 spiro atoms. The fourth-order valence-corrected chi connectivity index (χ4v) is 3.68. The summed E-state index contributed by atoms with van der Waals surface area (Å²) in [7, 11) is 0. The zero-order chi connectivity index (χ0) is 16.6. The van der Waals surface area contributed by atoms with Gasteiger partial charge in [0, 0.05) is 23.7 Å². The molecule has 1 aliphatic heterocycles. The number of hydrogen-bond acceptors (Lipinski definition) is 3. The van der Waals surface area contributed by atoms with Crippen LogP contribution in [-0.2, 0) is 0 Å². The van der Waals surface area contributed by atoms with E-state index >= 15 is 0 Å². The van der Waals surface area contributed by atoms with E-state index in [1.807, 2.05) is 36.1 Å². The Balaban J connectivity index is 1.82. The molecule has 0 aliphatic carbocycles. The summed E-state index contributed by atoms with van der Waals surface area (Å²) < 4.78 is 5.40. The van der Waals surface area contributed by atoms with Crippen molar-refractivity contribution in [1.29, 1.82) is 0 Å². The Morgan fingerprint density at radius 1 is 1.13 bits per heavy atom. The molecule has 1 aliphatic rings. The van der Waals surface area contributed by atoms with Gasteiger partial charge in [-0.3, -0.25) is 4.79 Å². The van der Waals surface area contributed by atoms with Crippen LogP contribution in [0.1, 0.15) is 49.7 Å². The molecule has 4 nitrogen and oxygen atoms in total. The van der Waals surface area contributed by atoms with E-state index in [1.165, 1.54) is 5.56 Å². The van der Waals surface area contributed by atoms with Crippen molar-refractivity contribution in [2.24, 2.45) is 5.92 Å². The van der Waals surface area contributed by atoms with Gasteiger partial charge in [-0.2, -0.15) is 0 Å². The number of likely N-dealkylation sites (tertiary alicyclic amines) is 1. The Kier molecular flexibility index (Phi) is 4.24. The standard InChI is InChI=1S/C19H24N2O2/c1-12-5-7-16(8-6-12)18-11-17(20-23-18)19(22)21-14(3)9-13(2)10-15(21)4/h5-8,11,13-15H,9-10H2,1-4H3/t14-,15-/m1/s1. The molecule has 0 bridgehead atoms. The minimum atomic E-state index is -0.0287. The number of aromatic nitrogens is 1. The van der Waals surface area contributed by atoms with Gasteiger partial charge in [0.05, 0.1) is 0 Å². The number of carbonyl (C=O) groups is 1. The molecule has 0 unspecified atom stereocenters. The highest BCUT2D eigenvalue weighted by Crippen LogP contribution is 2.29. The van der Waals surface area contributed by atoms with E-state index in [1.54, 1.807) is 6.07 Å². The first-order valence-corrected chi connectivity index (χ1v) is 8.32. The van der Waals surface area contributed by atoms with Crippen LogP contribution in [0.3, 0.4) is 0 Å². The molecule has 2 aromatic rings. The van der Waals surface area contributed by atoms with E-state index in [9.17, 15) is 4.79 Å². The average Bonchev–Trinajstić information content (AvgIpc) is 2.96. The molecule has 122 valence electrons. The maximum atomic E-state index is 12.8. The van der Waals surface area contributed by atoms with Crippen LogP contribution in [0, 0.1) is 12.8 Å². The second kappa shape index (κ2) is 6.19. The smallest absolute Gasteiger partial charge is 0.276 e. The third kappa shape index (κ3) is 3.16. The van der Waals surface area contributed by atoms with Crippen molar-refractivity contribution in [3.05, 3.63) is 41.6 Å². The van der Waals surface area contributed by atoms with Crippen LogP contribution < -0.4 is 0 Å². The van der Waals surface area contributed by atoms with Gasteiger partial charge in [0.1, 0.15) is 0 Å². The largest absolute Gasteiger partial charge is 0.355 e. The Labute approximate surface area is 137 Å². The van der Waals surface area contributed by atoms with E-state index in [0.29, 0.717) is 17.4 Å². The summed E-state index contributed by atoms with van der Waals surface area (Å²) in [5, 5.41) is 4.01. The molecule has 1 aromatic carbocycles. The van der Waals surface area contributed by atoms with Crippen molar-refractivity contribution in [2.45, 2.75) is 52.6 Å². The molecule has 2 atom stereocenters. The molecule has 0 N–H and O–H groups in total. The highest BCUT2D eigenvalue weighted by Gasteiger charge is 2.34. The lowest BCUT2D eigenvalue weighted by atomic mass is 9.88. The molecule has 1 aromatic heterocycles. The molecule has 0 saturated carbocycles. The Bertz CT molecular complexity index is 678. The summed E-state index contributed by atoms with van der Waals surface area (Å²) in [6.45, 7) is 8.52. The number of carbonyl (C=O) groups excluding carboxylic acids is 1. The van der Waals surface area contributed by atoms with E-state index in [0.717, 1.165) is 18.4 Å². The lowest BCUT2D eigenvalue weighted by Gasteiger charge is -2.41. The zero-order valence-corrected chi connectivity index (χ0v) is 14.2. The van der Waals surface area contributed by atoms with Gasteiger partial charge >= 0.3 is 0 Å². The van der Waals surface area contributed by atoms with Crippen LogP contribution in [0.5, 0.6) is 0 Å². The van der Waals surface area contributed by atoms with Gasteiger partial charge in [0.2, 0.25) is 0 Å². The van der Waals surface area contributed by atoms with Gasteiger partial charge < -0.3 is 9.42 Å². The van der Waals surface area contributed by atoms with Crippen molar-refractivity contribution in [3.63, 3.8) is 0 Å². The molecule has 1 amide bonds. The summed E-state index contributed by atoms with van der Waals surface area (Å²) >= 11 is 0. The Morgan fingerprint density at radius 2 is 1.74 bits per heavy atom. The van der Waals surface area contributed by atoms with E-state index < -0.39 is 0 Å². The summed E-state index contributed by atoms with van der Waals surface area (Å²) in [5.41, 5.74) is 2.53. The number of benzene rings is 1. The summed E-state index contributed by atoms with van der Waals surface area (Å²) in [5.74, 6) is 1.27. The number of nitrogens with zero attached hydrogens (tertiary/aromatic N) is 2. The average molecular weight is 312 g/mol. The van der Waals surface area contributed by atoms with Crippen molar-refractivity contribution < 1.29 is 9.32 Å². The van der Waals surface area contributed by atoms with Crippen LogP contribution >= 0.6 is 0 Å². The summed E-state index contributed by atoms with van der Waals surface area (Å²) in [6, 6.07) is 10.2. The fraction of sp³-hybridized carbons (Fsp3) is 0.474. The Morgan fingerprint density at radius 3 is 2.35 bits per heavy atom. The van der Waals surface area contributed by atoms with Gasteiger partial charge in [-0.05, 0) is 39.5 Å². The summed E-state index contributed by atoms with van der Waals surface area (Å²) in [6.07, 6.45) is 2.08. The molecule has 1 fully saturated rings. The number of piperidine rings is 1. The third-order valence-corrected chi connectivity index (χ3v) is 4.74. The Hall–Kier alpha value is -2.10. The predicted molar refractivity (Wildman–Crippen MR) is 90.2 cm³/mol. The van der Waals surface area contributed by atoms with E-state index in [-0.39, 0.29) is 18.0 Å². The van der Waals surface area contributed by atoms with E-state index in [2.05, 4.69) is 25.9 Å². The number of aryl methyl sites for hydroxylation is 1. The normalized spacial score (nSPS) is 24.7. The first kappa shape index (κ1) is 15.8.